The Bertz CT molecular complexity index is 1280. The number of carbonyl (C=O) groups is 2. The van der Waals surface area contributed by atoms with Crippen LogP contribution >= 0.6 is 7.82 Å². The molecule has 0 radical (unpaired) electrons. The number of hydrogen-bond donors (Lipinski definition) is 3. The molecular weight excluding hydrogens is 814 g/mol. The summed E-state index contributed by atoms with van der Waals surface area (Å²) in [4.78, 5) is 33.7. The van der Waals surface area contributed by atoms with Gasteiger partial charge >= 0.3 is 19.8 Å². The Hall–Kier alpha value is -2.59. The van der Waals surface area contributed by atoms with Gasteiger partial charge in [0.25, 0.3) is 0 Å². The van der Waals surface area contributed by atoms with Gasteiger partial charge in [0.1, 0.15) is 12.1 Å². The molecule has 3 atom stereocenters. The third-order valence-electron chi connectivity index (χ3n) is 10.5. The van der Waals surface area contributed by atoms with Crippen LogP contribution in [0.5, 0.6) is 0 Å². The molecule has 0 saturated carbocycles. The van der Waals surface area contributed by atoms with Crippen molar-refractivity contribution in [3.8, 4) is 0 Å². The first-order valence-corrected chi connectivity index (χ1v) is 26.5. The van der Waals surface area contributed by atoms with E-state index in [4.69, 9.17) is 29.4 Å². The standard InChI is InChI=1S/C52H92NO9P/c1-3-5-7-9-11-13-15-17-19-21-23-24-25-27-29-31-33-35-37-39-41-43-45-59-46-49(47-60-63(57,58)61-48-50(53)52(55)56)62-51(54)44-42-40-38-36-34-32-30-28-26-22-20-18-16-14-12-10-8-6-4-2/h6,8,12,14,18,20-21,23,26,28,32,34,49-50H,3-5,7,9-11,13,15-17,19,22,24-25,27,29-31,33,35-48,53H2,1-2H3,(H,55,56)(H,57,58)/b8-6-,14-12-,20-18-,23-21-,28-26-,34-32-. The number of carbonyl (C=O) groups excluding carboxylic acids is 1. The quantitative estimate of drug-likeness (QED) is 0.0233. The minimum absolute atomic E-state index is 0.000499. The lowest BCUT2D eigenvalue weighted by molar-refractivity contribution is -0.154. The lowest BCUT2D eigenvalue weighted by Crippen LogP contribution is -2.34. The molecule has 11 heteroatoms. The monoisotopic (exact) mass is 906 g/mol. The van der Waals surface area contributed by atoms with Crippen LogP contribution < -0.4 is 5.73 Å². The zero-order valence-electron chi connectivity index (χ0n) is 39.9. The van der Waals surface area contributed by atoms with Crippen LogP contribution in [0.4, 0.5) is 0 Å². The molecule has 364 valence electrons. The number of nitrogens with two attached hydrogens (primary N) is 1. The van der Waals surface area contributed by atoms with Crippen molar-refractivity contribution in [2.45, 2.75) is 219 Å². The van der Waals surface area contributed by atoms with Crippen molar-refractivity contribution < 1.29 is 42.7 Å². The van der Waals surface area contributed by atoms with Gasteiger partial charge in [0, 0.05) is 13.0 Å². The van der Waals surface area contributed by atoms with Gasteiger partial charge in [-0.1, -0.05) is 189 Å². The predicted octanol–water partition coefficient (Wildman–Crippen LogP) is 14.5. The first-order chi connectivity index (χ1) is 30.7. The highest BCUT2D eigenvalue weighted by Gasteiger charge is 2.27. The minimum Gasteiger partial charge on any atom is -0.480 e. The van der Waals surface area contributed by atoms with Gasteiger partial charge in [0.15, 0.2) is 0 Å². The summed E-state index contributed by atoms with van der Waals surface area (Å²) in [5, 5.41) is 8.92. The maximum atomic E-state index is 12.7. The molecule has 10 nitrogen and oxygen atoms in total. The van der Waals surface area contributed by atoms with E-state index in [1.54, 1.807) is 0 Å². The second-order valence-electron chi connectivity index (χ2n) is 16.6. The van der Waals surface area contributed by atoms with Crippen molar-refractivity contribution >= 4 is 19.8 Å². The molecule has 0 heterocycles. The average molecular weight is 906 g/mol. The van der Waals surface area contributed by atoms with Crippen LogP contribution in [0.15, 0.2) is 72.9 Å². The molecule has 0 aromatic rings. The fraction of sp³-hybridized carbons (Fsp3) is 0.731. The molecule has 0 aliphatic rings. The van der Waals surface area contributed by atoms with Gasteiger partial charge < -0.3 is 25.2 Å². The Balaban J connectivity index is 4.22. The number of ether oxygens (including phenoxy) is 2. The summed E-state index contributed by atoms with van der Waals surface area (Å²) in [6, 6.07) is -1.48. The summed E-state index contributed by atoms with van der Waals surface area (Å²) in [5.74, 6) is -1.81. The summed E-state index contributed by atoms with van der Waals surface area (Å²) in [6.07, 6.45) is 59.6. The Labute approximate surface area is 384 Å². The van der Waals surface area contributed by atoms with Crippen molar-refractivity contribution in [1.29, 1.82) is 0 Å². The van der Waals surface area contributed by atoms with Crippen molar-refractivity contribution in [3.05, 3.63) is 72.9 Å². The Morgan fingerprint density at radius 1 is 0.524 bits per heavy atom. The lowest BCUT2D eigenvalue weighted by Gasteiger charge is -2.20. The molecule has 0 aliphatic heterocycles. The molecule has 0 saturated heterocycles. The number of phosphoric ester groups is 1. The van der Waals surface area contributed by atoms with E-state index in [9.17, 15) is 19.0 Å². The van der Waals surface area contributed by atoms with Crippen molar-refractivity contribution in [2.24, 2.45) is 5.73 Å². The van der Waals surface area contributed by atoms with E-state index in [-0.39, 0.29) is 13.0 Å². The number of hydrogen-bond acceptors (Lipinski definition) is 8. The highest BCUT2D eigenvalue weighted by atomic mass is 31.2. The number of phosphoric acid groups is 1. The van der Waals surface area contributed by atoms with Crippen LogP contribution in [0.3, 0.4) is 0 Å². The van der Waals surface area contributed by atoms with Gasteiger partial charge in [-0.05, 0) is 83.5 Å². The normalized spacial score (nSPS) is 14.3. The van der Waals surface area contributed by atoms with Crippen LogP contribution in [0.25, 0.3) is 0 Å². The largest absolute Gasteiger partial charge is 0.480 e. The molecule has 0 aliphatic carbocycles. The summed E-state index contributed by atoms with van der Waals surface area (Å²) < 4.78 is 33.4. The van der Waals surface area contributed by atoms with Crippen molar-refractivity contribution in [1.82, 2.24) is 0 Å². The van der Waals surface area contributed by atoms with E-state index >= 15 is 0 Å². The third kappa shape index (κ3) is 47.2. The molecule has 0 spiro atoms. The second kappa shape index (κ2) is 47.4. The SMILES string of the molecule is CC/C=C\C/C=C\C/C=C\C/C=C\C/C=C\CCCCCC(=O)OC(COCCCCCCCCCCCC/C=C\CCCCCCCCCC)COP(=O)(O)OCC(N)C(=O)O. The zero-order valence-corrected chi connectivity index (χ0v) is 40.8. The number of rotatable bonds is 47. The number of carboxylic acids is 1. The number of carboxylic acid groups (broad SMARTS) is 1. The van der Waals surface area contributed by atoms with E-state index in [2.05, 4.69) is 86.8 Å². The topological polar surface area (TPSA) is 155 Å². The third-order valence-corrected chi connectivity index (χ3v) is 11.4. The summed E-state index contributed by atoms with van der Waals surface area (Å²) in [6.45, 7) is 3.73. The number of allylic oxidation sites excluding steroid dienone is 12. The first-order valence-electron chi connectivity index (χ1n) is 25.0. The summed E-state index contributed by atoms with van der Waals surface area (Å²) >= 11 is 0. The molecule has 0 fully saturated rings. The smallest absolute Gasteiger partial charge is 0.472 e. The number of esters is 1. The number of aliphatic carboxylic acids is 1. The van der Waals surface area contributed by atoms with E-state index in [0.717, 1.165) is 70.6 Å². The highest BCUT2D eigenvalue weighted by Crippen LogP contribution is 2.43. The van der Waals surface area contributed by atoms with Crippen molar-refractivity contribution in [2.75, 3.05) is 26.4 Å². The van der Waals surface area contributed by atoms with Crippen LogP contribution in [-0.4, -0.2) is 60.5 Å². The molecule has 3 unspecified atom stereocenters. The summed E-state index contributed by atoms with van der Waals surface area (Å²) in [5.41, 5.74) is 5.37. The summed E-state index contributed by atoms with van der Waals surface area (Å²) in [7, 11) is -4.63. The average Bonchev–Trinajstić information content (AvgIpc) is 3.26. The van der Waals surface area contributed by atoms with Crippen molar-refractivity contribution in [3.63, 3.8) is 0 Å². The van der Waals surface area contributed by atoms with E-state index in [1.807, 2.05) is 0 Å². The van der Waals surface area contributed by atoms with Gasteiger partial charge in [0.2, 0.25) is 0 Å². The fourth-order valence-electron chi connectivity index (χ4n) is 6.63. The molecule has 0 aromatic carbocycles. The van der Waals surface area contributed by atoms with Crippen LogP contribution in [0.2, 0.25) is 0 Å². The second-order valence-corrected chi connectivity index (χ2v) is 18.0. The molecule has 0 rings (SSSR count). The van der Waals surface area contributed by atoms with Crippen LogP contribution in [-0.2, 0) is 32.7 Å². The maximum absolute atomic E-state index is 12.7. The van der Waals surface area contributed by atoms with E-state index in [0.29, 0.717) is 13.0 Å². The van der Waals surface area contributed by atoms with Crippen LogP contribution in [0.1, 0.15) is 206 Å². The minimum atomic E-state index is -4.63. The molecule has 0 aromatic heterocycles. The lowest BCUT2D eigenvalue weighted by atomic mass is 10.1. The Kier molecular flexibility index (Phi) is 45.4. The van der Waals surface area contributed by atoms with Gasteiger partial charge in [0.05, 0.1) is 19.8 Å². The zero-order chi connectivity index (χ0) is 46.2. The van der Waals surface area contributed by atoms with Gasteiger partial charge in [-0.25, -0.2) is 4.57 Å². The first kappa shape index (κ1) is 60.4. The molecular formula is C52H92NO9P. The maximum Gasteiger partial charge on any atom is 0.472 e. The predicted molar refractivity (Wildman–Crippen MR) is 263 cm³/mol. The number of unbranched alkanes of at least 4 members (excludes halogenated alkanes) is 21. The fourth-order valence-corrected chi connectivity index (χ4v) is 7.40. The van der Waals surface area contributed by atoms with Gasteiger partial charge in [-0.3, -0.25) is 18.6 Å². The molecule has 0 bridgehead atoms. The van der Waals surface area contributed by atoms with E-state index in [1.165, 1.54) is 109 Å². The Morgan fingerprint density at radius 3 is 1.40 bits per heavy atom. The highest BCUT2D eigenvalue weighted by molar-refractivity contribution is 7.47. The van der Waals surface area contributed by atoms with E-state index < -0.39 is 45.1 Å². The van der Waals surface area contributed by atoms with Gasteiger partial charge in [-0.15, -0.1) is 0 Å². The van der Waals surface area contributed by atoms with Gasteiger partial charge in [-0.2, -0.15) is 0 Å². The van der Waals surface area contributed by atoms with Crippen LogP contribution in [0, 0.1) is 0 Å². The Morgan fingerprint density at radius 2 is 0.921 bits per heavy atom. The molecule has 4 N–H and O–H groups in total. The molecule has 63 heavy (non-hydrogen) atoms. The molecule has 0 amide bonds.